The molecule has 0 fully saturated rings. The number of anilines is 2. The summed E-state index contributed by atoms with van der Waals surface area (Å²) in [5, 5.41) is 5.97. The van der Waals surface area contributed by atoms with Crippen LogP contribution in [0.25, 0.3) is 0 Å². The normalized spacial score (nSPS) is 15.5. The van der Waals surface area contributed by atoms with Crippen LogP contribution in [-0.2, 0) is 22.4 Å². The molecule has 2 aromatic rings. The molecular formula is C21H25N3O2. The summed E-state index contributed by atoms with van der Waals surface area (Å²) in [5.74, 6) is 0.0823. The Hall–Kier alpha value is -2.82. The van der Waals surface area contributed by atoms with E-state index in [1.165, 1.54) is 5.56 Å². The quantitative estimate of drug-likeness (QED) is 0.841. The summed E-state index contributed by atoms with van der Waals surface area (Å²) in [6, 6.07) is 15.9. The van der Waals surface area contributed by atoms with E-state index in [4.69, 9.17) is 0 Å². The van der Waals surface area contributed by atoms with Gasteiger partial charge in [-0.05, 0) is 49.6 Å². The van der Waals surface area contributed by atoms with Gasteiger partial charge in [0.15, 0.2) is 0 Å². The predicted molar refractivity (Wildman–Crippen MR) is 104 cm³/mol. The fourth-order valence-electron chi connectivity index (χ4n) is 3.39. The molecule has 2 N–H and O–H groups in total. The molecule has 0 aromatic heterocycles. The van der Waals surface area contributed by atoms with Crippen molar-refractivity contribution in [1.29, 1.82) is 0 Å². The van der Waals surface area contributed by atoms with Crippen molar-refractivity contribution in [2.75, 3.05) is 23.3 Å². The van der Waals surface area contributed by atoms with Crippen molar-refractivity contribution >= 4 is 23.2 Å². The zero-order chi connectivity index (χ0) is 18.5. The smallest absolute Gasteiger partial charge is 0.246 e. The second kappa shape index (κ2) is 8.04. The molecule has 1 unspecified atom stereocenters. The Morgan fingerprint density at radius 3 is 2.58 bits per heavy atom. The van der Waals surface area contributed by atoms with Gasteiger partial charge >= 0.3 is 0 Å². The van der Waals surface area contributed by atoms with Crippen LogP contribution in [0.15, 0.2) is 48.5 Å². The van der Waals surface area contributed by atoms with E-state index >= 15 is 0 Å². The van der Waals surface area contributed by atoms with Gasteiger partial charge in [-0.25, -0.2) is 0 Å². The van der Waals surface area contributed by atoms with Gasteiger partial charge in [-0.1, -0.05) is 30.3 Å². The topological polar surface area (TPSA) is 61.4 Å². The molecule has 2 aromatic carbocycles. The van der Waals surface area contributed by atoms with E-state index in [0.717, 1.165) is 23.4 Å². The summed E-state index contributed by atoms with van der Waals surface area (Å²) >= 11 is 0. The molecule has 0 radical (unpaired) electrons. The van der Waals surface area contributed by atoms with Gasteiger partial charge < -0.3 is 15.5 Å². The fraction of sp³-hybridized carbons (Fsp3) is 0.333. The van der Waals surface area contributed by atoms with Gasteiger partial charge in [0.1, 0.15) is 0 Å². The zero-order valence-corrected chi connectivity index (χ0v) is 15.3. The molecule has 1 atom stereocenters. The largest absolute Gasteiger partial charge is 0.376 e. The van der Waals surface area contributed by atoms with Gasteiger partial charge in [-0.2, -0.15) is 0 Å². The van der Waals surface area contributed by atoms with Crippen molar-refractivity contribution in [2.45, 2.75) is 32.7 Å². The number of likely N-dealkylation sites (N-methyl/N-ethyl adjacent to an activating group) is 1. The summed E-state index contributed by atoms with van der Waals surface area (Å²) in [7, 11) is 0. The molecule has 0 saturated heterocycles. The molecule has 5 heteroatoms. The summed E-state index contributed by atoms with van der Waals surface area (Å²) < 4.78 is 0. The van der Waals surface area contributed by atoms with E-state index in [9.17, 15) is 9.59 Å². The minimum atomic E-state index is 0.0186. The molecule has 1 aliphatic rings. The molecule has 26 heavy (non-hydrogen) atoms. The van der Waals surface area contributed by atoms with Crippen LogP contribution < -0.4 is 15.5 Å². The van der Waals surface area contributed by atoms with Crippen LogP contribution in [-0.4, -0.2) is 30.9 Å². The molecule has 0 spiro atoms. The lowest BCUT2D eigenvalue weighted by atomic mass is 10.1. The highest BCUT2D eigenvalue weighted by atomic mass is 16.2. The number of para-hydroxylation sites is 1. The second-order valence-electron chi connectivity index (χ2n) is 6.63. The van der Waals surface area contributed by atoms with Crippen LogP contribution in [0, 0.1) is 0 Å². The number of hydrogen-bond donors (Lipinski definition) is 2. The standard InChI is InChI=1S/C21H25N3O2/c1-3-22-20(25)13-16-8-10-18(11-9-16)23-14-21(26)24-15(2)12-17-6-4-5-7-19(17)24/h4-11,15,23H,3,12-14H2,1-2H3,(H,22,25). The van der Waals surface area contributed by atoms with Gasteiger partial charge in [-0.15, -0.1) is 0 Å². The third-order valence-corrected chi connectivity index (χ3v) is 4.61. The van der Waals surface area contributed by atoms with Crippen LogP contribution in [0.5, 0.6) is 0 Å². The van der Waals surface area contributed by atoms with Crippen molar-refractivity contribution < 1.29 is 9.59 Å². The maximum absolute atomic E-state index is 12.7. The van der Waals surface area contributed by atoms with Gasteiger partial charge in [0, 0.05) is 24.0 Å². The molecule has 0 saturated carbocycles. The number of fused-ring (bicyclic) bond motifs is 1. The third-order valence-electron chi connectivity index (χ3n) is 4.61. The van der Waals surface area contributed by atoms with Crippen LogP contribution in [0.1, 0.15) is 25.0 Å². The van der Waals surface area contributed by atoms with Crippen LogP contribution >= 0.6 is 0 Å². The van der Waals surface area contributed by atoms with Crippen LogP contribution in [0.3, 0.4) is 0 Å². The Morgan fingerprint density at radius 2 is 1.85 bits per heavy atom. The van der Waals surface area contributed by atoms with Crippen molar-refractivity contribution in [3.63, 3.8) is 0 Å². The first-order valence-corrected chi connectivity index (χ1v) is 9.08. The van der Waals surface area contributed by atoms with E-state index in [1.807, 2.05) is 54.3 Å². The number of rotatable bonds is 6. The average Bonchev–Trinajstić information content (AvgIpc) is 2.97. The zero-order valence-electron chi connectivity index (χ0n) is 15.3. The minimum absolute atomic E-state index is 0.0186. The first-order valence-electron chi connectivity index (χ1n) is 9.08. The van der Waals surface area contributed by atoms with Crippen molar-refractivity contribution in [2.24, 2.45) is 0 Å². The van der Waals surface area contributed by atoms with Crippen molar-refractivity contribution in [1.82, 2.24) is 5.32 Å². The number of nitrogens with zero attached hydrogens (tertiary/aromatic N) is 1. The van der Waals surface area contributed by atoms with Gasteiger partial charge in [-0.3, -0.25) is 9.59 Å². The van der Waals surface area contributed by atoms with Crippen molar-refractivity contribution in [3.05, 3.63) is 59.7 Å². The Balaban J connectivity index is 1.57. The lowest BCUT2D eigenvalue weighted by Crippen LogP contribution is -2.39. The summed E-state index contributed by atoms with van der Waals surface area (Å²) in [6.45, 7) is 4.86. The molecule has 136 valence electrons. The van der Waals surface area contributed by atoms with E-state index in [-0.39, 0.29) is 24.4 Å². The summed E-state index contributed by atoms with van der Waals surface area (Å²) in [4.78, 5) is 26.2. The number of amides is 2. The van der Waals surface area contributed by atoms with E-state index in [0.29, 0.717) is 13.0 Å². The Bertz CT molecular complexity index is 786. The van der Waals surface area contributed by atoms with Gasteiger partial charge in [0.2, 0.25) is 11.8 Å². The lowest BCUT2D eigenvalue weighted by molar-refractivity contribution is -0.120. The highest BCUT2D eigenvalue weighted by molar-refractivity contribution is 5.98. The fourth-order valence-corrected chi connectivity index (χ4v) is 3.39. The molecular weight excluding hydrogens is 326 g/mol. The monoisotopic (exact) mass is 351 g/mol. The number of hydrogen-bond acceptors (Lipinski definition) is 3. The summed E-state index contributed by atoms with van der Waals surface area (Å²) in [6.07, 6.45) is 1.27. The molecule has 0 aliphatic carbocycles. The minimum Gasteiger partial charge on any atom is -0.376 e. The van der Waals surface area contributed by atoms with Gasteiger partial charge in [0.05, 0.1) is 13.0 Å². The van der Waals surface area contributed by atoms with Gasteiger partial charge in [0.25, 0.3) is 0 Å². The first-order chi connectivity index (χ1) is 12.6. The molecule has 2 amide bonds. The van der Waals surface area contributed by atoms with E-state index in [2.05, 4.69) is 23.6 Å². The number of carbonyl (C=O) groups is 2. The molecule has 1 heterocycles. The molecule has 1 aliphatic heterocycles. The highest BCUT2D eigenvalue weighted by Gasteiger charge is 2.30. The van der Waals surface area contributed by atoms with Crippen LogP contribution in [0.4, 0.5) is 11.4 Å². The SMILES string of the molecule is CCNC(=O)Cc1ccc(NCC(=O)N2c3ccccc3CC2C)cc1. The molecule has 5 nitrogen and oxygen atoms in total. The van der Waals surface area contributed by atoms with Crippen molar-refractivity contribution in [3.8, 4) is 0 Å². The third kappa shape index (κ3) is 4.04. The second-order valence-corrected chi connectivity index (χ2v) is 6.63. The van der Waals surface area contributed by atoms with E-state index in [1.54, 1.807) is 0 Å². The van der Waals surface area contributed by atoms with Crippen LogP contribution in [0.2, 0.25) is 0 Å². The average molecular weight is 351 g/mol. The Kier molecular flexibility index (Phi) is 5.56. The molecule has 0 bridgehead atoms. The predicted octanol–water partition coefficient (Wildman–Crippen LogP) is 2.75. The number of benzene rings is 2. The number of carbonyl (C=O) groups excluding carboxylic acids is 2. The summed E-state index contributed by atoms with van der Waals surface area (Å²) in [5.41, 5.74) is 4.07. The maximum atomic E-state index is 12.7. The Morgan fingerprint density at radius 1 is 1.12 bits per heavy atom. The maximum Gasteiger partial charge on any atom is 0.246 e. The highest BCUT2D eigenvalue weighted by Crippen LogP contribution is 2.31. The van der Waals surface area contributed by atoms with E-state index < -0.39 is 0 Å². The molecule has 3 rings (SSSR count). The Labute approximate surface area is 154 Å². The first kappa shape index (κ1) is 18.0. The number of nitrogens with one attached hydrogen (secondary N) is 2. The lowest BCUT2D eigenvalue weighted by Gasteiger charge is -2.23.